The fourth-order valence-corrected chi connectivity index (χ4v) is 3.50. The highest BCUT2D eigenvalue weighted by molar-refractivity contribution is 7.18. The summed E-state index contributed by atoms with van der Waals surface area (Å²) in [6.07, 6.45) is 1.02. The van der Waals surface area contributed by atoms with E-state index < -0.39 is 5.97 Å². The third kappa shape index (κ3) is 4.70. The Labute approximate surface area is 156 Å². The van der Waals surface area contributed by atoms with Crippen LogP contribution in [0.15, 0.2) is 30.3 Å². The summed E-state index contributed by atoms with van der Waals surface area (Å²) in [5.41, 5.74) is 1.38. The molecule has 138 valence electrons. The summed E-state index contributed by atoms with van der Waals surface area (Å²) >= 11 is 1.08. The van der Waals surface area contributed by atoms with Crippen molar-refractivity contribution in [2.24, 2.45) is 0 Å². The molecule has 0 aliphatic carbocycles. The van der Waals surface area contributed by atoms with Crippen LogP contribution < -0.4 is 10.6 Å². The molecular formula is C19H22N2O4S. The van der Waals surface area contributed by atoms with Crippen LogP contribution in [0, 0.1) is 6.92 Å². The molecule has 0 bridgehead atoms. The Morgan fingerprint density at radius 3 is 2.38 bits per heavy atom. The third-order valence-corrected chi connectivity index (χ3v) is 4.80. The van der Waals surface area contributed by atoms with Gasteiger partial charge in [-0.1, -0.05) is 25.1 Å². The van der Waals surface area contributed by atoms with Crippen LogP contribution in [0.25, 0.3) is 0 Å². The van der Waals surface area contributed by atoms with Gasteiger partial charge in [0.15, 0.2) is 0 Å². The molecule has 1 heterocycles. The van der Waals surface area contributed by atoms with Gasteiger partial charge in [-0.3, -0.25) is 9.59 Å². The van der Waals surface area contributed by atoms with Gasteiger partial charge >= 0.3 is 5.97 Å². The predicted octanol–water partition coefficient (Wildman–Crippen LogP) is 4.22. The second-order valence-corrected chi connectivity index (χ2v) is 6.62. The first-order valence-corrected chi connectivity index (χ1v) is 9.26. The number of hydrogen-bond acceptors (Lipinski definition) is 5. The van der Waals surface area contributed by atoms with Crippen LogP contribution in [0.5, 0.6) is 0 Å². The number of thiophene rings is 1. The Morgan fingerprint density at radius 1 is 1.08 bits per heavy atom. The number of esters is 1. The smallest absolute Gasteiger partial charge is 0.341 e. The van der Waals surface area contributed by atoms with Crippen molar-refractivity contribution in [1.29, 1.82) is 0 Å². The summed E-state index contributed by atoms with van der Waals surface area (Å²) in [6, 6.07) is 9.04. The Balaban J connectivity index is 2.35. The average molecular weight is 374 g/mol. The zero-order valence-electron chi connectivity index (χ0n) is 15.0. The molecule has 0 atom stereocenters. The van der Waals surface area contributed by atoms with E-state index in [9.17, 15) is 14.4 Å². The molecular weight excluding hydrogens is 352 g/mol. The summed E-state index contributed by atoms with van der Waals surface area (Å²) in [5, 5.41) is 5.87. The molecule has 0 aliphatic rings. The second kappa shape index (κ2) is 9.15. The van der Waals surface area contributed by atoms with E-state index >= 15 is 0 Å². The molecule has 2 N–H and O–H groups in total. The zero-order valence-corrected chi connectivity index (χ0v) is 15.9. The normalized spacial score (nSPS) is 10.3. The van der Waals surface area contributed by atoms with E-state index in [1.807, 2.05) is 25.1 Å². The molecule has 0 spiro atoms. The van der Waals surface area contributed by atoms with Crippen molar-refractivity contribution in [2.75, 3.05) is 17.2 Å². The Kier molecular flexibility index (Phi) is 6.91. The van der Waals surface area contributed by atoms with Gasteiger partial charge in [-0.05, 0) is 38.0 Å². The highest BCUT2D eigenvalue weighted by Gasteiger charge is 2.26. The van der Waals surface area contributed by atoms with Crippen LogP contribution in [0.3, 0.4) is 0 Å². The lowest BCUT2D eigenvalue weighted by molar-refractivity contribution is -0.116. The second-order valence-electron chi connectivity index (χ2n) is 5.60. The molecule has 0 radical (unpaired) electrons. The molecule has 0 aliphatic heterocycles. The van der Waals surface area contributed by atoms with Crippen molar-refractivity contribution >= 4 is 39.8 Å². The summed E-state index contributed by atoms with van der Waals surface area (Å²) in [6.45, 7) is 5.49. The number of rotatable bonds is 7. The van der Waals surface area contributed by atoms with E-state index in [0.717, 1.165) is 11.3 Å². The minimum Gasteiger partial charge on any atom is -0.462 e. The van der Waals surface area contributed by atoms with E-state index in [4.69, 9.17) is 4.74 Å². The molecule has 2 aromatic rings. The van der Waals surface area contributed by atoms with Gasteiger partial charge in [-0.2, -0.15) is 0 Å². The van der Waals surface area contributed by atoms with Crippen LogP contribution in [0.2, 0.25) is 0 Å². The molecule has 1 aromatic heterocycles. The van der Waals surface area contributed by atoms with E-state index in [1.165, 1.54) is 0 Å². The summed E-state index contributed by atoms with van der Waals surface area (Å²) in [4.78, 5) is 37.3. The van der Waals surface area contributed by atoms with Crippen molar-refractivity contribution in [3.8, 4) is 0 Å². The number of carbonyl (C=O) groups is 3. The fraction of sp³-hybridized carbons (Fsp3) is 0.316. The predicted molar refractivity (Wildman–Crippen MR) is 103 cm³/mol. The van der Waals surface area contributed by atoms with Gasteiger partial charge in [0.05, 0.1) is 17.0 Å². The van der Waals surface area contributed by atoms with Gasteiger partial charge in [0.2, 0.25) is 5.91 Å². The summed E-state index contributed by atoms with van der Waals surface area (Å²) in [5.74, 6) is -1.08. The third-order valence-electron chi connectivity index (χ3n) is 3.59. The minimum atomic E-state index is -0.549. The number of nitrogens with one attached hydrogen (secondary N) is 2. The highest BCUT2D eigenvalue weighted by atomic mass is 32.1. The first kappa shape index (κ1) is 19.7. The molecule has 1 aromatic carbocycles. The number of anilines is 2. The zero-order chi connectivity index (χ0) is 19.1. The first-order valence-electron chi connectivity index (χ1n) is 8.44. The van der Waals surface area contributed by atoms with E-state index in [-0.39, 0.29) is 24.0 Å². The maximum Gasteiger partial charge on any atom is 0.341 e. The van der Waals surface area contributed by atoms with Gasteiger partial charge in [0, 0.05) is 12.1 Å². The van der Waals surface area contributed by atoms with Gasteiger partial charge in [0.25, 0.3) is 5.91 Å². The van der Waals surface area contributed by atoms with Crippen molar-refractivity contribution < 1.29 is 19.1 Å². The van der Waals surface area contributed by atoms with Crippen LogP contribution in [-0.2, 0) is 9.53 Å². The van der Waals surface area contributed by atoms with E-state index in [2.05, 4.69) is 10.6 Å². The number of carbonyl (C=O) groups excluding carboxylic acids is 3. The lowest BCUT2D eigenvalue weighted by Crippen LogP contribution is -2.14. The largest absolute Gasteiger partial charge is 0.462 e. The van der Waals surface area contributed by atoms with Crippen molar-refractivity contribution in [1.82, 2.24) is 0 Å². The molecule has 0 saturated heterocycles. The van der Waals surface area contributed by atoms with Crippen molar-refractivity contribution in [3.05, 3.63) is 46.3 Å². The molecule has 2 amide bonds. The minimum absolute atomic E-state index is 0.200. The van der Waals surface area contributed by atoms with Gasteiger partial charge in [-0.15, -0.1) is 11.3 Å². The number of benzene rings is 1. The van der Waals surface area contributed by atoms with Crippen molar-refractivity contribution in [2.45, 2.75) is 33.6 Å². The van der Waals surface area contributed by atoms with Gasteiger partial charge < -0.3 is 15.4 Å². The topological polar surface area (TPSA) is 84.5 Å². The maximum absolute atomic E-state index is 12.6. The van der Waals surface area contributed by atoms with E-state index in [1.54, 1.807) is 26.0 Å². The summed E-state index contributed by atoms with van der Waals surface area (Å²) < 4.78 is 5.09. The molecule has 26 heavy (non-hydrogen) atoms. The lowest BCUT2D eigenvalue weighted by Gasteiger charge is -2.06. The van der Waals surface area contributed by atoms with Crippen LogP contribution >= 0.6 is 11.3 Å². The van der Waals surface area contributed by atoms with E-state index in [0.29, 0.717) is 34.0 Å². The van der Waals surface area contributed by atoms with Gasteiger partial charge in [0.1, 0.15) is 5.00 Å². The number of ether oxygens (including phenoxy) is 1. The first-order chi connectivity index (χ1) is 12.5. The summed E-state index contributed by atoms with van der Waals surface area (Å²) in [7, 11) is 0. The van der Waals surface area contributed by atoms with Crippen LogP contribution in [-0.4, -0.2) is 24.4 Å². The van der Waals surface area contributed by atoms with Crippen molar-refractivity contribution in [3.63, 3.8) is 0 Å². The highest BCUT2D eigenvalue weighted by Crippen LogP contribution is 2.34. The quantitative estimate of drug-likeness (QED) is 0.711. The Bertz CT molecular complexity index is 799. The average Bonchev–Trinajstić information content (AvgIpc) is 2.92. The van der Waals surface area contributed by atoms with Crippen LogP contribution in [0.4, 0.5) is 10.7 Å². The van der Waals surface area contributed by atoms with Gasteiger partial charge in [-0.25, -0.2) is 4.79 Å². The fourth-order valence-electron chi connectivity index (χ4n) is 2.39. The molecule has 6 nitrogen and oxygen atoms in total. The Hall–Kier alpha value is -2.67. The maximum atomic E-state index is 12.6. The van der Waals surface area contributed by atoms with Crippen LogP contribution in [0.1, 0.15) is 52.3 Å². The number of amides is 2. The number of hydrogen-bond donors (Lipinski definition) is 2. The lowest BCUT2D eigenvalue weighted by atomic mass is 10.1. The number of para-hydroxylation sites is 1. The molecule has 0 saturated carbocycles. The standard InChI is InChI=1S/C19H22N2O4S/c1-4-9-14(22)21-18-15(19(24)25-5-2)12(3)16(26-18)17(23)20-13-10-7-6-8-11-13/h6-8,10-11H,4-5,9H2,1-3H3,(H,20,23)(H,21,22). The molecule has 2 rings (SSSR count). The Morgan fingerprint density at radius 2 is 1.77 bits per heavy atom. The molecule has 0 unspecified atom stereocenters. The molecule has 0 fully saturated rings. The SMILES string of the molecule is CCCC(=O)Nc1sc(C(=O)Nc2ccccc2)c(C)c1C(=O)OCC. The molecule has 7 heteroatoms. The monoisotopic (exact) mass is 374 g/mol.